The van der Waals surface area contributed by atoms with Crippen LogP contribution in [0.3, 0.4) is 0 Å². The van der Waals surface area contributed by atoms with Gasteiger partial charge in [0.15, 0.2) is 5.43 Å². The Bertz CT molecular complexity index is 904. The fraction of sp³-hybridized carbons (Fsp3) is 0.0556. The molecule has 3 nitrogen and oxygen atoms in total. The van der Waals surface area contributed by atoms with Crippen LogP contribution in [0.1, 0.15) is 0 Å². The monoisotopic (exact) mass is 274 g/mol. The summed E-state index contributed by atoms with van der Waals surface area (Å²) in [6, 6.07) is 15.6. The first-order valence-corrected chi connectivity index (χ1v) is 6.98. The van der Waals surface area contributed by atoms with Crippen molar-refractivity contribution in [3.05, 3.63) is 77.1 Å². The third kappa shape index (κ3) is 1.78. The molecule has 1 aromatic heterocycles. The van der Waals surface area contributed by atoms with Gasteiger partial charge in [-0.05, 0) is 42.6 Å². The van der Waals surface area contributed by atoms with Crippen molar-refractivity contribution in [2.24, 2.45) is 0 Å². The topological polar surface area (TPSA) is 34.0 Å². The van der Waals surface area contributed by atoms with Crippen LogP contribution in [0.5, 0.6) is 0 Å². The number of dihydropyridines is 1. The molecule has 3 heteroatoms. The van der Waals surface area contributed by atoms with E-state index in [0.29, 0.717) is 0 Å². The number of pyridine rings is 1. The van der Waals surface area contributed by atoms with Gasteiger partial charge in [-0.25, -0.2) is 0 Å². The third-order valence-corrected chi connectivity index (χ3v) is 3.85. The number of nitrogens with one attached hydrogen (secondary N) is 1. The highest BCUT2D eigenvalue weighted by Crippen LogP contribution is 2.23. The summed E-state index contributed by atoms with van der Waals surface area (Å²) >= 11 is 0. The van der Waals surface area contributed by atoms with Crippen LogP contribution >= 0.6 is 0 Å². The Morgan fingerprint density at radius 3 is 2.10 bits per heavy atom. The number of aromatic nitrogens is 1. The van der Waals surface area contributed by atoms with Gasteiger partial charge in [-0.1, -0.05) is 24.3 Å². The molecule has 2 aromatic carbocycles. The number of para-hydroxylation sites is 2. The Morgan fingerprint density at radius 1 is 0.905 bits per heavy atom. The zero-order valence-electron chi connectivity index (χ0n) is 11.4. The number of benzene rings is 2. The van der Waals surface area contributed by atoms with Crippen molar-refractivity contribution in [1.29, 1.82) is 0 Å². The molecule has 3 aromatic rings. The lowest BCUT2D eigenvalue weighted by atomic mass is 10.1. The average Bonchev–Trinajstić information content (AvgIpc) is 2.56. The maximum Gasteiger partial charge on any atom is 0.197 e. The lowest BCUT2D eigenvalue weighted by molar-refractivity contribution is 0.937. The van der Waals surface area contributed by atoms with Gasteiger partial charge in [0.1, 0.15) is 0 Å². The van der Waals surface area contributed by atoms with Gasteiger partial charge >= 0.3 is 0 Å². The van der Waals surface area contributed by atoms with E-state index < -0.39 is 0 Å². The molecule has 0 saturated heterocycles. The van der Waals surface area contributed by atoms with E-state index in [2.05, 4.69) is 16.0 Å². The minimum absolute atomic E-state index is 0.0948. The summed E-state index contributed by atoms with van der Waals surface area (Å²) in [5, 5.41) is 4.74. The molecule has 0 amide bonds. The Kier molecular flexibility index (Phi) is 2.64. The van der Waals surface area contributed by atoms with Crippen molar-refractivity contribution < 1.29 is 0 Å². The number of nitrogens with zero attached hydrogens (tertiary/aromatic N) is 1. The number of hydrogen-bond acceptors (Lipinski definition) is 2. The summed E-state index contributed by atoms with van der Waals surface area (Å²) < 4.78 is 2.17. The molecule has 0 atom stereocenters. The van der Waals surface area contributed by atoms with E-state index >= 15 is 0 Å². The third-order valence-electron chi connectivity index (χ3n) is 3.85. The summed E-state index contributed by atoms with van der Waals surface area (Å²) in [6.45, 7) is 0.743. The van der Waals surface area contributed by atoms with E-state index in [1.807, 2.05) is 60.8 Å². The molecule has 0 radical (unpaired) electrons. The molecular formula is C18H14N2O. The van der Waals surface area contributed by atoms with Gasteiger partial charge in [-0.3, -0.25) is 4.79 Å². The molecule has 0 unspecified atom stereocenters. The summed E-state index contributed by atoms with van der Waals surface area (Å²) in [5.74, 6) is 0. The summed E-state index contributed by atoms with van der Waals surface area (Å²) in [4.78, 5) is 12.7. The fourth-order valence-electron chi connectivity index (χ4n) is 2.91. The van der Waals surface area contributed by atoms with Crippen LogP contribution in [0.4, 0.5) is 0 Å². The molecule has 0 aliphatic carbocycles. The Balaban J connectivity index is 2.25. The van der Waals surface area contributed by atoms with Crippen LogP contribution in [-0.4, -0.2) is 11.1 Å². The van der Waals surface area contributed by atoms with Crippen LogP contribution in [0.15, 0.2) is 71.7 Å². The minimum atomic E-state index is 0.0948. The van der Waals surface area contributed by atoms with Crippen molar-refractivity contribution in [3.8, 4) is 0 Å². The van der Waals surface area contributed by atoms with Crippen molar-refractivity contribution in [2.45, 2.75) is 0 Å². The van der Waals surface area contributed by atoms with E-state index in [0.717, 1.165) is 34.0 Å². The smallest absolute Gasteiger partial charge is 0.197 e. The van der Waals surface area contributed by atoms with Crippen molar-refractivity contribution in [1.82, 2.24) is 9.88 Å². The van der Waals surface area contributed by atoms with Gasteiger partial charge in [0.05, 0.1) is 17.6 Å². The average molecular weight is 274 g/mol. The first kappa shape index (κ1) is 12.0. The van der Waals surface area contributed by atoms with Crippen molar-refractivity contribution in [2.75, 3.05) is 6.54 Å². The van der Waals surface area contributed by atoms with Gasteiger partial charge in [-0.15, -0.1) is 0 Å². The highest BCUT2D eigenvalue weighted by Gasteiger charge is 2.13. The predicted octanol–water partition coefficient (Wildman–Crippen LogP) is 3.11. The van der Waals surface area contributed by atoms with Crippen molar-refractivity contribution >= 4 is 27.5 Å². The molecular weight excluding hydrogens is 260 g/mol. The zero-order valence-corrected chi connectivity index (χ0v) is 11.4. The van der Waals surface area contributed by atoms with Crippen LogP contribution < -0.4 is 10.7 Å². The molecule has 21 heavy (non-hydrogen) atoms. The Hall–Kier alpha value is -2.81. The normalized spacial score (nSPS) is 14.2. The molecule has 0 fully saturated rings. The summed E-state index contributed by atoms with van der Waals surface area (Å²) in [5.41, 5.74) is 3.12. The molecule has 0 saturated carbocycles. The van der Waals surface area contributed by atoms with Crippen LogP contribution in [0.2, 0.25) is 0 Å². The predicted molar refractivity (Wildman–Crippen MR) is 87.1 cm³/mol. The lowest BCUT2D eigenvalue weighted by Crippen LogP contribution is -2.19. The Morgan fingerprint density at radius 2 is 1.52 bits per heavy atom. The standard InChI is InChI=1S/C18H14N2O/c21-18-14-7-1-3-9-16(14)20(13-6-5-11-19-12-13)17-10-4-2-8-15(17)18/h1-11,19H,12H2. The molecule has 1 aliphatic rings. The van der Waals surface area contributed by atoms with Crippen LogP contribution in [0, 0.1) is 0 Å². The van der Waals surface area contributed by atoms with Gasteiger partial charge in [0.2, 0.25) is 0 Å². The first-order chi connectivity index (χ1) is 10.4. The molecule has 1 aliphatic heterocycles. The summed E-state index contributed by atoms with van der Waals surface area (Å²) in [6.07, 6.45) is 6.00. The Labute approximate surface area is 121 Å². The van der Waals surface area contributed by atoms with Gasteiger partial charge in [-0.2, -0.15) is 0 Å². The van der Waals surface area contributed by atoms with Gasteiger partial charge in [0, 0.05) is 16.5 Å². The second-order valence-electron chi connectivity index (χ2n) is 5.10. The number of rotatable bonds is 1. The molecule has 0 bridgehead atoms. The lowest BCUT2D eigenvalue weighted by Gasteiger charge is -2.19. The second-order valence-corrected chi connectivity index (χ2v) is 5.10. The maximum absolute atomic E-state index is 12.7. The SMILES string of the molecule is O=c1c2ccccc2n(C2=CC=CNC2)c2ccccc12. The van der Waals surface area contributed by atoms with Gasteiger partial charge in [0.25, 0.3) is 0 Å². The maximum atomic E-state index is 12.7. The first-order valence-electron chi connectivity index (χ1n) is 6.98. The van der Waals surface area contributed by atoms with E-state index in [1.165, 1.54) is 0 Å². The molecule has 4 rings (SSSR count). The molecule has 102 valence electrons. The zero-order chi connectivity index (χ0) is 14.2. The molecule has 2 heterocycles. The number of hydrogen-bond donors (Lipinski definition) is 1. The quantitative estimate of drug-likeness (QED) is 0.692. The highest BCUT2D eigenvalue weighted by molar-refractivity contribution is 5.96. The van der Waals surface area contributed by atoms with Gasteiger partial charge < -0.3 is 9.88 Å². The van der Waals surface area contributed by atoms with E-state index in [1.54, 1.807) is 0 Å². The number of allylic oxidation sites excluding steroid dienone is 2. The highest BCUT2D eigenvalue weighted by atomic mass is 16.1. The largest absolute Gasteiger partial charge is 0.385 e. The van der Waals surface area contributed by atoms with E-state index in [4.69, 9.17) is 0 Å². The van der Waals surface area contributed by atoms with Crippen molar-refractivity contribution in [3.63, 3.8) is 0 Å². The minimum Gasteiger partial charge on any atom is -0.385 e. The fourth-order valence-corrected chi connectivity index (χ4v) is 2.91. The molecule has 0 spiro atoms. The second kappa shape index (κ2) is 4.63. The van der Waals surface area contributed by atoms with E-state index in [9.17, 15) is 4.79 Å². The number of fused-ring (bicyclic) bond motifs is 2. The molecule has 1 N–H and O–H groups in total. The van der Waals surface area contributed by atoms with E-state index in [-0.39, 0.29) is 5.43 Å². The summed E-state index contributed by atoms with van der Waals surface area (Å²) in [7, 11) is 0. The van der Waals surface area contributed by atoms with Crippen LogP contribution in [-0.2, 0) is 0 Å². The van der Waals surface area contributed by atoms with Crippen LogP contribution in [0.25, 0.3) is 27.5 Å².